The highest BCUT2D eigenvalue weighted by Gasteiger charge is 2.34. The molecule has 0 atom stereocenters. The fourth-order valence-corrected chi connectivity index (χ4v) is 3.35. The van der Waals surface area contributed by atoms with Crippen LogP contribution in [-0.4, -0.2) is 41.6 Å². The Bertz CT molecular complexity index is 1040. The minimum Gasteiger partial charge on any atom is -0.493 e. The van der Waals surface area contributed by atoms with Gasteiger partial charge in [0.2, 0.25) is 0 Å². The summed E-state index contributed by atoms with van der Waals surface area (Å²) < 4.78 is 12.3. The van der Waals surface area contributed by atoms with Gasteiger partial charge in [0, 0.05) is 3.57 Å². The monoisotopic (exact) mass is 542 g/mol. The van der Waals surface area contributed by atoms with Gasteiger partial charge in [0.1, 0.15) is 18.8 Å². The summed E-state index contributed by atoms with van der Waals surface area (Å²) in [5.74, 6) is -1.34. The number of amides is 3. The van der Waals surface area contributed by atoms with Crippen molar-refractivity contribution >= 4 is 58.2 Å². The van der Waals surface area contributed by atoms with E-state index in [2.05, 4.69) is 27.9 Å². The summed E-state index contributed by atoms with van der Waals surface area (Å²) in [6.45, 7) is -0.441. The molecule has 8 nitrogen and oxygen atoms in total. The fraction of sp³-hybridized carbons (Fsp3) is 0.150. The molecule has 0 bridgehead atoms. The molecule has 2 N–H and O–H groups in total. The van der Waals surface area contributed by atoms with Crippen molar-refractivity contribution in [3.05, 3.63) is 61.8 Å². The number of ether oxygens (including phenoxy) is 2. The van der Waals surface area contributed by atoms with Crippen molar-refractivity contribution in [2.24, 2.45) is 0 Å². The molecule has 156 valence electrons. The number of imide groups is 1. The second-order valence-electron chi connectivity index (χ2n) is 6.22. The lowest BCUT2D eigenvalue weighted by Crippen LogP contribution is -2.35. The predicted molar refractivity (Wildman–Crippen MR) is 117 cm³/mol. The van der Waals surface area contributed by atoms with Gasteiger partial charge in [0.25, 0.3) is 5.91 Å². The molecule has 1 fully saturated rings. The molecular formula is C20H16ClIN2O6. The first kappa shape index (κ1) is 21.9. The molecule has 3 rings (SSSR count). The molecule has 1 heterocycles. The van der Waals surface area contributed by atoms with Crippen LogP contribution in [0, 0.1) is 3.57 Å². The lowest BCUT2D eigenvalue weighted by atomic mass is 10.1. The van der Waals surface area contributed by atoms with Crippen molar-refractivity contribution in [3.8, 4) is 11.5 Å². The maximum Gasteiger partial charge on any atom is 0.329 e. The lowest BCUT2D eigenvalue weighted by molar-refractivity contribution is -0.140. The van der Waals surface area contributed by atoms with E-state index in [1.807, 2.05) is 24.3 Å². The zero-order valence-corrected chi connectivity index (χ0v) is 18.6. The van der Waals surface area contributed by atoms with E-state index in [4.69, 9.17) is 26.2 Å². The van der Waals surface area contributed by atoms with Crippen molar-refractivity contribution in [3.63, 3.8) is 0 Å². The van der Waals surface area contributed by atoms with Gasteiger partial charge in [-0.3, -0.25) is 9.59 Å². The third-order valence-corrected chi connectivity index (χ3v) is 5.11. The summed E-state index contributed by atoms with van der Waals surface area (Å²) >= 11 is 8.57. The first-order valence-electron chi connectivity index (χ1n) is 8.59. The summed E-state index contributed by atoms with van der Waals surface area (Å²) in [7, 11) is 1.46. The smallest absolute Gasteiger partial charge is 0.329 e. The van der Waals surface area contributed by atoms with Crippen molar-refractivity contribution in [2.45, 2.75) is 6.61 Å². The zero-order chi connectivity index (χ0) is 21.8. The number of aliphatic carboxylic acids is 1. The Morgan fingerprint density at radius 2 is 1.97 bits per heavy atom. The summed E-state index contributed by atoms with van der Waals surface area (Å²) in [5.41, 5.74) is 1.36. The van der Waals surface area contributed by atoms with Crippen molar-refractivity contribution in [1.82, 2.24) is 10.2 Å². The highest BCUT2D eigenvalue weighted by molar-refractivity contribution is 14.1. The molecule has 2 aromatic rings. The second-order valence-corrected chi connectivity index (χ2v) is 7.88. The van der Waals surface area contributed by atoms with Crippen LogP contribution in [0.1, 0.15) is 11.1 Å². The number of carboxylic acids is 1. The van der Waals surface area contributed by atoms with Crippen molar-refractivity contribution in [2.75, 3.05) is 13.7 Å². The lowest BCUT2D eigenvalue weighted by Gasteiger charge is -2.13. The normalized spacial score (nSPS) is 14.8. The van der Waals surface area contributed by atoms with E-state index in [-0.39, 0.29) is 17.3 Å². The largest absolute Gasteiger partial charge is 0.493 e. The second kappa shape index (κ2) is 9.35. The number of nitrogens with one attached hydrogen (secondary N) is 1. The number of halogens is 2. The predicted octanol–water partition coefficient (Wildman–Crippen LogP) is 3.51. The number of hydrogen-bond donors (Lipinski definition) is 2. The van der Waals surface area contributed by atoms with Crippen molar-refractivity contribution < 1.29 is 29.0 Å². The molecule has 1 saturated heterocycles. The molecule has 0 radical (unpaired) electrons. The van der Waals surface area contributed by atoms with Gasteiger partial charge in [-0.05, 0) is 64.1 Å². The fourth-order valence-electron chi connectivity index (χ4n) is 2.72. The Labute approximate surface area is 190 Å². The number of carbonyl (C=O) groups is 3. The quantitative estimate of drug-likeness (QED) is 0.315. The van der Waals surface area contributed by atoms with Gasteiger partial charge in [-0.25, -0.2) is 9.69 Å². The summed E-state index contributed by atoms with van der Waals surface area (Å²) in [5, 5.41) is 11.4. The summed E-state index contributed by atoms with van der Waals surface area (Å²) in [6.07, 6.45) is 1.39. The molecule has 1 aliphatic rings. The molecule has 2 aromatic carbocycles. The first-order chi connectivity index (χ1) is 14.3. The average Bonchev–Trinajstić information content (AvgIpc) is 2.95. The minimum absolute atomic E-state index is 0.0630. The molecule has 1 aliphatic heterocycles. The molecule has 0 spiro atoms. The topological polar surface area (TPSA) is 105 Å². The van der Waals surface area contributed by atoms with Crippen LogP contribution in [0.4, 0.5) is 4.79 Å². The van der Waals surface area contributed by atoms with Gasteiger partial charge in [-0.1, -0.05) is 23.7 Å². The molecule has 0 saturated carbocycles. The van der Waals surface area contributed by atoms with E-state index in [0.717, 1.165) is 9.13 Å². The third-order valence-electron chi connectivity index (χ3n) is 4.11. The molecule has 0 aliphatic carbocycles. The average molecular weight is 543 g/mol. The number of methoxy groups -OCH3 is 1. The van der Waals surface area contributed by atoms with E-state index < -0.39 is 24.5 Å². The number of carboxylic acid groups (broad SMARTS) is 1. The van der Waals surface area contributed by atoms with E-state index >= 15 is 0 Å². The van der Waals surface area contributed by atoms with Crippen LogP contribution in [0.2, 0.25) is 5.02 Å². The van der Waals surface area contributed by atoms with E-state index in [1.165, 1.54) is 13.2 Å². The van der Waals surface area contributed by atoms with Crippen molar-refractivity contribution in [1.29, 1.82) is 0 Å². The Morgan fingerprint density at radius 3 is 2.60 bits per heavy atom. The standard InChI is InChI=1S/C20H16ClIN2O6/c1-29-16-8-12(7-15-19(27)24(9-17(25)26)20(28)23-15)6-14(21)18(16)30-10-11-2-4-13(22)5-3-11/h2-8H,9-10H2,1H3,(H,23,28)(H,25,26)/b15-7+. The number of hydrogen-bond acceptors (Lipinski definition) is 5. The summed E-state index contributed by atoms with van der Waals surface area (Å²) in [6, 6.07) is 10.2. The maximum atomic E-state index is 12.3. The van der Waals surface area contributed by atoms with Gasteiger partial charge in [0.05, 0.1) is 12.1 Å². The number of nitrogens with zero attached hydrogens (tertiary/aromatic N) is 1. The first-order valence-corrected chi connectivity index (χ1v) is 10.0. The highest BCUT2D eigenvalue weighted by atomic mass is 127. The minimum atomic E-state index is -1.29. The van der Waals surface area contributed by atoms with Crippen LogP contribution in [0.3, 0.4) is 0 Å². The van der Waals surface area contributed by atoms with E-state index in [0.29, 0.717) is 22.0 Å². The number of benzene rings is 2. The molecule has 10 heteroatoms. The molecule has 3 amide bonds. The van der Waals surface area contributed by atoms with E-state index in [9.17, 15) is 14.4 Å². The van der Waals surface area contributed by atoms with Crippen LogP contribution >= 0.6 is 34.2 Å². The van der Waals surface area contributed by atoms with E-state index in [1.54, 1.807) is 12.1 Å². The van der Waals surface area contributed by atoms with Gasteiger partial charge in [-0.2, -0.15) is 0 Å². The van der Waals surface area contributed by atoms with Crippen LogP contribution in [-0.2, 0) is 16.2 Å². The number of rotatable bonds is 7. The number of carbonyl (C=O) groups excluding carboxylic acids is 2. The van der Waals surface area contributed by atoms with Gasteiger partial charge >= 0.3 is 12.0 Å². The van der Waals surface area contributed by atoms with Gasteiger partial charge < -0.3 is 19.9 Å². The maximum absolute atomic E-state index is 12.3. The van der Waals surface area contributed by atoms with Crippen LogP contribution in [0.15, 0.2) is 42.1 Å². The number of urea groups is 1. The zero-order valence-electron chi connectivity index (χ0n) is 15.6. The van der Waals surface area contributed by atoms with Gasteiger partial charge in [0.15, 0.2) is 11.5 Å². The Morgan fingerprint density at radius 1 is 1.27 bits per heavy atom. The van der Waals surface area contributed by atoms with Crippen LogP contribution in [0.5, 0.6) is 11.5 Å². The SMILES string of the molecule is COc1cc(/C=C2/NC(=O)N(CC(=O)O)C2=O)cc(Cl)c1OCc1ccc(I)cc1. The molecule has 0 aromatic heterocycles. The molecule has 0 unspecified atom stereocenters. The van der Waals surface area contributed by atoms with Crippen LogP contribution < -0.4 is 14.8 Å². The highest BCUT2D eigenvalue weighted by Crippen LogP contribution is 2.37. The molecular weight excluding hydrogens is 527 g/mol. The molecule has 30 heavy (non-hydrogen) atoms. The summed E-state index contributed by atoms with van der Waals surface area (Å²) in [4.78, 5) is 35.5. The Hall–Kier alpha value is -2.79. The van der Waals surface area contributed by atoms with Gasteiger partial charge in [-0.15, -0.1) is 0 Å². The Kier molecular flexibility index (Phi) is 6.83. The van der Waals surface area contributed by atoms with Crippen LogP contribution in [0.25, 0.3) is 6.08 Å². The third kappa shape index (κ3) is 5.03. The Balaban J connectivity index is 1.82.